The Kier molecular flexibility index (Phi) is 6.04. The Morgan fingerprint density at radius 1 is 1.07 bits per heavy atom. The van der Waals surface area contributed by atoms with Crippen LogP contribution >= 0.6 is 15.9 Å². The van der Waals surface area contributed by atoms with E-state index in [0.717, 1.165) is 17.3 Å². The first-order chi connectivity index (χ1) is 13.2. The maximum atomic E-state index is 12.4. The lowest BCUT2D eigenvalue weighted by Crippen LogP contribution is -2.37. The average molecular weight is 467 g/mol. The summed E-state index contributed by atoms with van der Waals surface area (Å²) in [7, 11) is -3.74. The molecule has 148 valence electrons. The molecule has 3 rings (SSSR count). The van der Waals surface area contributed by atoms with E-state index in [1.54, 1.807) is 12.1 Å². The third-order valence-corrected chi connectivity index (χ3v) is 6.00. The van der Waals surface area contributed by atoms with Crippen molar-refractivity contribution in [2.75, 3.05) is 4.72 Å². The standard InChI is InChI=1S/C19H19BrN2O5S/c1-12(18(23)21-15-8-9-15)27-19(24)13-2-6-16(7-3-13)22-28(25,26)17-10-4-14(20)5-11-17/h2-7,10-12,15,22H,8-9H2,1H3,(H,21,23). The van der Waals surface area contributed by atoms with Crippen molar-refractivity contribution < 1.29 is 22.7 Å². The molecule has 28 heavy (non-hydrogen) atoms. The zero-order valence-corrected chi connectivity index (χ0v) is 17.4. The van der Waals surface area contributed by atoms with Crippen LogP contribution in [0.25, 0.3) is 0 Å². The molecule has 1 atom stereocenters. The van der Waals surface area contributed by atoms with E-state index in [0.29, 0.717) is 5.69 Å². The molecule has 1 aliphatic rings. The van der Waals surface area contributed by atoms with E-state index in [4.69, 9.17) is 4.74 Å². The van der Waals surface area contributed by atoms with Crippen LogP contribution in [0.15, 0.2) is 57.9 Å². The number of hydrogen-bond acceptors (Lipinski definition) is 5. The first-order valence-electron chi connectivity index (χ1n) is 8.64. The Bertz CT molecular complexity index is 970. The summed E-state index contributed by atoms with van der Waals surface area (Å²) in [6, 6.07) is 12.2. The van der Waals surface area contributed by atoms with E-state index in [1.807, 2.05) is 0 Å². The second-order valence-electron chi connectivity index (χ2n) is 6.47. The monoisotopic (exact) mass is 466 g/mol. The van der Waals surface area contributed by atoms with E-state index in [1.165, 1.54) is 43.3 Å². The van der Waals surface area contributed by atoms with Crippen molar-refractivity contribution in [1.82, 2.24) is 5.32 Å². The van der Waals surface area contributed by atoms with E-state index in [2.05, 4.69) is 26.0 Å². The molecule has 1 aliphatic carbocycles. The molecule has 2 aromatic carbocycles. The Hall–Kier alpha value is -2.39. The number of hydrogen-bond donors (Lipinski definition) is 2. The molecule has 0 saturated heterocycles. The van der Waals surface area contributed by atoms with Gasteiger partial charge in [-0.15, -0.1) is 0 Å². The maximum absolute atomic E-state index is 12.4. The first-order valence-corrected chi connectivity index (χ1v) is 10.9. The molecule has 7 nitrogen and oxygen atoms in total. The van der Waals surface area contributed by atoms with Crippen LogP contribution in [-0.2, 0) is 19.6 Å². The molecular formula is C19H19BrN2O5S. The second-order valence-corrected chi connectivity index (χ2v) is 9.07. The highest BCUT2D eigenvalue weighted by atomic mass is 79.9. The number of carbonyl (C=O) groups excluding carboxylic acids is 2. The van der Waals surface area contributed by atoms with Crippen molar-refractivity contribution in [3.8, 4) is 0 Å². The predicted octanol–water partition coefficient (Wildman–Crippen LogP) is 3.07. The SMILES string of the molecule is CC(OC(=O)c1ccc(NS(=O)(=O)c2ccc(Br)cc2)cc1)C(=O)NC1CC1. The molecule has 1 saturated carbocycles. The van der Waals surface area contributed by atoms with Crippen molar-refractivity contribution in [1.29, 1.82) is 0 Å². The topological polar surface area (TPSA) is 102 Å². The number of esters is 1. The molecule has 0 radical (unpaired) electrons. The van der Waals surface area contributed by atoms with Crippen LogP contribution in [-0.4, -0.2) is 32.4 Å². The van der Waals surface area contributed by atoms with Gasteiger partial charge in [-0.1, -0.05) is 15.9 Å². The zero-order valence-electron chi connectivity index (χ0n) is 15.0. The second kappa shape index (κ2) is 8.32. The lowest BCUT2D eigenvalue weighted by Gasteiger charge is -2.13. The molecule has 0 aromatic heterocycles. The van der Waals surface area contributed by atoms with Gasteiger partial charge in [-0.25, -0.2) is 13.2 Å². The van der Waals surface area contributed by atoms with Crippen LogP contribution in [0.4, 0.5) is 5.69 Å². The summed E-state index contributed by atoms with van der Waals surface area (Å²) >= 11 is 3.26. The average Bonchev–Trinajstić information content (AvgIpc) is 3.46. The number of anilines is 1. The van der Waals surface area contributed by atoms with E-state index in [9.17, 15) is 18.0 Å². The van der Waals surface area contributed by atoms with Gasteiger partial charge in [-0.3, -0.25) is 9.52 Å². The van der Waals surface area contributed by atoms with Gasteiger partial charge >= 0.3 is 5.97 Å². The van der Waals surface area contributed by atoms with Crippen molar-refractivity contribution >= 4 is 43.5 Å². The highest BCUT2D eigenvalue weighted by Gasteiger charge is 2.27. The predicted molar refractivity (Wildman–Crippen MR) is 107 cm³/mol. The van der Waals surface area contributed by atoms with E-state index >= 15 is 0 Å². The first kappa shape index (κ1) is 20.3. The lowest BCUT2D eigenvalue weighted by atomic mass is 10.2. The number of rotatable bonds is 7. The Morgan fingerprint density at radius 3 is 2.25 bits per heavy atom. The number of sulfonamides is 1. The largest absolute Gasteiger partial charge is 0.449 e. The molecule has 0 aliphatic heterocycles. The summed E-state index contributed by atoms with van der Waals surface area (Å²) in [6.07, 6.45) is 0.998. The lowest BCUT2D eigenvalue weighted by molar-refractivity contribution is -0.129. The van der Waals surface area contributed by atoms with Crippen molar-refractivity contribution in [3.63, 3.8) is 0 Å². The molecule has 2 aromatic rings. The van der Waals surface area contributed by atoms with Gasteiger partial charge in [-0.05, 0) is 68.3 Å². The number of ether oxygens (including phenoxy) is 1. The number of halogens is 1. The molecule has 1 fully saturated rings. The Morgan fingerprint density at radius 2 is 1.68 bits per heavy atom. The minimum absolute atomic E-state index is 0.120. The van der Waals surface area contributed by atoms with Crippen LogP contribution in [0.1, 0.15) is 30.1 Å². The van der Waals surface area contributed by atoms with Gasteiger partial charge in [0.1, 0.15) is 0 Å². The molecule has 0 spiro atoms. The number of amides is 1. The Balaban J connectivity index is 1.61. The molecule has 9 heteroatoms. The number of benzene rings is 2. The summed E-state index contributed by atoms with van der Waals surface area (Å²) < 4.78 is 33.1. The van der Waals surface area contributed by atoms with Gasteiger partial charge in [0.05, 0.1) is 10.5 Å². The van der Waals surface area contributed by atoms with Crippen molar-refractivity contribution in [3.05, 3.63) is 58.6 Å². The quantitative estimate of drug-likeness (QED) is 0.610. The highest BCUT2D eigenvalue weighted by Crippen LogP contribution is 2.20. The summed E-state index contributed by atoms with van der Waals surface area (Å²) in [5.74, 6) is -0.976. The fourth-order valence-electron chi connectivity index (χ4n) is 2.33. The molecule has 0 heterocycles. The van der Waals surface area contributed by atoms with Gasteiger partial charge < -0.3 is 10.1 Å². The summed E-state index contributed by atoms with van der Waals surface area (Å²) in [6.45, 7) is 1.51. The van der Waals surface area contributed by atoms with Crippen LogP contribution in [0.5, 0.6) is 0 Å². The number of nitrogens with one attached hydrogen (secondary N) is 2. The summed E-state index contributed by atoms with van der Waals surface area (Å²) in [4.78, 5) is 24.1. The van der Waals surface area contributed by atoms with Crippen molar-refractivity contribution in [2.45, 2.75) is 36.8 Å². The minimum atomic E-state index is -3.74. The molecular weight excluding hydrogens is 448 g/mol. The third kappa shape index (κ3) is 5.32. The fraction of sp³-hybridized carbons (Fsp3) is 0.263. The van der Waals surface area contributed by atoms with Crippen LogP contribution in [0, 0.1) is 0 Å². The molecule has 1 amide bonds. The van der Waals surface area contributed by atoms with Crippen molar-refractivity contribution in [2.24, 2.45) is 0 Å². The Labute approximate surface area is 171 Å². The van der Waals surface area contributed by atoms with E-state index in [-0.39, 0.29) is 22.4 Å². The van der Waals surface area contributed by atoms with Crippen LogP contribution < -0.4 is 10.0 Å². The maximum Gasteiger partial charge on any atom is 0.338 e. The smallest absolute Gasteiger partial charge is 0.338 e. The summed E-state index contributed by atoms with van der Waals surface area (Å²) in [5.41, 5.74) is 0.525. The fourth-order valence-corrected chi connectivity index (χ4v) is 3.65. The molecule has 1 unspecified atom stereocenters. The van der Waals surface area contributed by atoms with Gasteiger partial charge in [0.2, 0.25) is 0 Å². The van der Waals surface area contributed by atoms with Gasteiger partial charge in [0.15, 0.2) is 6.10 Å². The van der Waals surface area contributed by atoms with Gasteiger partial charge in [-0.2, -0.15) is 0 Å². The molecule has 0 bridgehead atoms. The number of carbonyl (C=O) groups is 2. The van der Waals surface area contributed by atoms with Gasteiger partial charge in [0, 0.05) is 16.2 Å². The van der Waals surface area contributed by atoms with Crippen LogP contribution in [0.2, 0.25) is 0 Å². The highest BCUT2D eigenvalue weighted by molar-refractivity contribution is 9.10. The zero-order chi connectivity index (χ0) is 20.3. The third-order valence-electron chi connectivity index (χ3n) is 4.07. The minimum Gasteiger partial charge on any atom is -0.449 e. The van der Waals surface area contributed by atoms with Gasteiger partial charge in [0.25, 0.3) is 15.9 Å². The van der Waals surface area contributed by atoms with Crippen LogP contribution in [0.3, 0.4) is 0 Å². The van der Waals surface area contributed by atoms with E-state index < -0.39 is 22.1 Å². The summed E-state index contributed by atoms with van der Waals surface area (Å²) in [5, 5.41) is 2.77. The normalized spacial score (nSPS) is 14.8. The molecule has 2 N–H and O–H groups in total.